The molecule has 0 aromatic heterocycles. The van der Waals surface area contributed by atoms with Gasteiger partial charge in [-0.25, -0.2) is 0 Å². The molecule has 0 saturated heterocycles. The summed E-state index contributed by atoms with van der Waals surface area (Å²) < 4.78 is 0. The van der Waals surface area contributed by atoms with Gasteiger partial charge >= 0.3 is 0 Å². The standard InChI is InChI=1S/C7H12ClNO/c8-6(10)7(9)4-2-1-3-5-7/h1-5,9H2/p+1. The molecule has 0 unspecified atom stereocenters. The van der Waals surface area contributed by atoms with Crippen molar-refractivity contribution >= 4 is 16.8 Å². The maximum absolute atomic E-state index is 10.8. The summed E-state index contributed by atoms with van der Waals surface area (Å²) in [6.45, 7) is 0. The highest BCUT2D eigenvalue weighted by Gasteiger charge is 2.37. The van der Waals surface area contributed by atoms with Crippen LogP contribution in [0.2, 0.25) is 0 Å². The fourth-order valence-corrected chi connectivity index (χ4v) is 1.61. The van der Waals surface area contributed by atoms with E-state index in [9.17, 15) is 4.79 Å². The number of hydrogen-bond donors (Lipinski definition) is 1. The van der Waals surface area contributed by atoms with Crippen molar-refractivity contribution in [1.82, 2.24) is 0 Å². The number of carbonyl (C=O) groups is 1. The third kappa shape index (κ3) is 1.50. The first-order chi connectivity index (χ1) is 4.65. The van der Waals surface area contributed by atoms with Gasteiger partial charge in [0.2, 0.25) is 0 Å². The van der Waals surface area contributed by atoms with Crippen LogP contribution in [-0.4, -0.2) is 10.8 Å². The fraction of sp³-hybridized carbons (Fsp3) is 0.857. The van der Waals surface area contributed by atoms with Crippen molar-refractivity contribution < 1.29 is 10.5 Å². The van der Waals surface area contributed by atoms with Gasteiger partial charge in [-0.1, -0.05) is 6.42 Å². The summed E-state index contributed by atoms with van der Waals surface area (Å²) in [5, 5.41) is -0.257. The molecule has 1 saturated carbocycles. The van der Waals surface area contributed by atoms with E-state index in [4.69, 9.17) is 11.6 Å². The summed E-state index contributed by atoms with van der Waals surface area (Å²) in [7, 11) is 0. The molecule has 1 aliphatic carbocycles. The topological polar surface area (TPSA) is 44.7 Å². The Hall–Kier alpha value is -0.0800. The van der Waals surface area contributed by atoms with Crippen molar-refractivity contribution in [1.29, 1.82) is 0 Å². The predicted molar refractivity (Wildman–Crippen MR) is 39.6 cm³/mol. The summed E-state index contributed by atoms with van der Waals surface area (Å²) in [6.07, 6.45) is 5.16. The first kappa shape index (κ1) is 8.02. The Morgan fingerprint density at radius 2 is 1.80 bits per heavy atom. The summed E-state index contributed by atoms with van der Waals surface area (Å²) in [6, 6.07) is 0. The van der Waals surface area contributed by atoms with Crippen molar-refractivity contribution in [3.63, 3.8) is 0 Å². The van der Waals surface area contributed by atoms with Gasteiger partial charge in [0.05, 0.1) is 0 Å². The molecule has 3 N–H and O–H groups in total. The Morgan fingerprint density at radius 3 is 2.10 bits per heavy atom. The molecule has 0 amide bonds. The van der Waals surface area contributed by atoms with Crippen molar-refractivity contribution in [2.24, 2.45) is 0 Å². The van der Waals surface area contributed by atoms with Crippen LogP contribution in [0.5, 0.6) is 0 Å². The van der Waals surface area contributed by atoms with Crippen LogP contribution in [0.25, 0.3) is 0 Å². The molecule has 0 atom stereocenters. The molecular formula is C7H13ClNO+. The Morgan fingerprint density at radius 1 is 1.30 bits per heavy atom. The van der Waals surface area contributed by atoms with Crippen molar-refractivity contribution in [3.05, 3.63) is 0 Å². The zero-order valence-corrected chi connectivity index (χ0v) is 6.78. The molecule has 0 radical (unpaired) electrons. The Labute approximate surface area is 65.7 Å². The smallest absolute Gasteiger partial charge is 0.282 e. The molecule has 0 aromatic carbocycles. The Kier molecular flexibility index (Phi) is 2.32. The van der Waals surface area contributed by atoms with Gasteiger partial charge < -0.3 is 5.73 Å². The van der Waals surface area contributed by atoms with Crippen LogP contribution in [0, 0.1) is 0 Å². The van der Waals surface area contributed by atoms with Gasteiger partial charge in [-0.15, -0.1) is 0 Å². The van der Waals surface area contributed by atoms with E-state index < -0.39 is 5.54 Å². The first-order valence-corrected chi connectivity index (χ1v) is 4.08. The van der Waals surface area contributed by atoms with Crippen LogP contribution in [0.15, 0.2) is 0 Å². The van der Waals surface area contributed by atoms with Crippen LogP contribution in [-0.2, 0) is 4.79 Å². The Bertz CT molecular complexity index is 141. The van der Waals surface area contributed by atoms with E-state index in [0.29, 0.717) is 0 Å². The van der Waals surface area contributed by atoms with Gasteiger partial charge in [0.25, 0.3) is 5.24 Å². The molecule has 1 rings (SSSR count). The van der Waals surface area contributed by atoms with Gasteiger partial charge in [-0.2, -0.15) is 0 Å². The van der Waals surface area contributed by atoms with Gasteiger partial charge in [0.1, 0.15) is 0 Å². The normalized spacial score (nSPS) is 24.2. The average Bonchev–Trinajstić information content (AvgIpc) is 1.89. The third-order valence-corrected chi connectivity index (χ3v) is 2.63. The zero-order valence-electron chi connectivity index (χ0n) is 6.03. The van der Waals surface area contributed by atoms with Crippen molar-refractivity contribution in [2.45, 2.75) is 37.6 Å². The molecule has 0 aromatic rings. The van der Waals surface area contributed by atoms with Crippen LogP contribution < -0.4 is 5.73 Å². The minimum atomic E-state index is -0.445. The van der Waals surface area contributed by atoms with Crippen LogP contribution in [0.4, 0.5) is 0 Å². The lowest BCUT2D eigenvalue weighted by molar-refractivity contribution is -0.461. The average molecular weight is 163 g/mol. The third-order valence-electron chi connectivity index (χ3n) is 2.23. The summed E-state index contributed by atoms with van der Waals surface area (Å²) in [4.78, 5) is 10.8. The van der Waals surface area contributed by atoms with Crippen LogP contribution in [0.1, 0.15) is 32.1 Å². The lowest BCUT2D eigenvalue weighted by atomic mass is 9.84. The highest BCUT2D eigenvalue weighted by molar-refractivity contribution is 6.65. The quantitative estimate of drug-likeness (QED) is 0.567. The summed E-state index contributed by atoms with van der Waals surface area (Å²) >= 11 is 5.40. The monoisotopic (exact) mass is 162 g/mol. The molecule has 0 heterocycles. The molecule has 0 bridgehead atoms. The largest absolute Gasteiger partial charge is 0.345 e. The van der Waals surface area contributed by atoms with E-state index in [1.54, 1.807) is 0 Å². The van der Waals surface area contributed by atoms with Gasteiger partial charge in [-0.05, 0) is 24.4 Å². The van der Waals surface area contributed by atoms with Crippen molar-refractivity contribution in [3.8, 4) is 0 Å². The van der Waals surface area contributed by atoms with E-state index in [-0.39, 0.29) is 5.24 Å². The summed E-state index contributed by atoms with van der Waals surface area (Å²) in [5.41, 5.74) is 3.40. The Balaban J connectivity index is 2.56. The maximum Gasteiger partial charge on any atom is 0.282 e. The minimum Gasteiger partial charge on any atom is -0.345 e. The number of rotatable bonds is 1. The second kappa shape index (κ2) is 2.89. The SMILES string of the molecule is [NH3+]C1(C(=O)Cl)CCCCC1. The van der Waals surface area contributed by atoms with E-state index in [2.05, 4.69) is 5.73 Å². The van der Waals surface area contributed by atoms with Crippen LogP contribution in [0.3, 0.4) is 0 Å². The lowest BCUT2D eigenvalue weighted by Crippen LogP contribution is -2.76. The highest BCUT2D eigenvalue weighted by Crippen LogP contribution is 2.25. The molecule has 1 fully saturated rings. The molecule has 58 valence electrons. The molecular weight excluding hydrogens is 150 g/mol. The number of carbonyl (C=O) groups excluding carboxylic acids is 1. The number of quaternary nitrogens is 1. The first-order valence-electron chi connectivity index (χ1n) is 3.70. The molecule has 0 spiro atoms. The zero-order chi connectivity index (χ0) is 7.61. The van der Waals surface area contributed by atoms with Crippen molar-refractivity contribution in [2.75, 3.05) is 0 Å². The van der Waals surface area contributed by atoms with E-state index in [1.165, 1.54) is 6.42 Å². The molecule has 1 aliphatic rings. The summed E-state index contributed by atoms with van der Waals surface area (Å²) in [5.74, 6) is 0. The molecule has 0 aliphatic heterocycles. The van der Waals surface area contributed by atoms with Gasteiger partial charge in [0.15, 0.2) is 5.54 Å². The molecule has 3 heteroatoms. The maximum atomic E-state index is 10.8. The number of hydrogen-bond acceptors (Lipinski definition) is 1. The van der Waals surface area contributed by atoms with E-state index >= 15 is 0 Å². The number of halogens is 1. The second-order valence-corrected chi connectivity index (χ2v) is 3.46. The highest BCUT2D eigenvalue weighted by atomic mass is 35.5. The van der Waals surface area contributed by atoms with E-state index in [0.717, 1.165) is 25.7 Å². The van der Waals surface area contributed by atoms with E-state index in [1.807, 2.05) is 0 Å². The predicted octanol–water partition coefficient (Wildman–Crippen LogP) is 0.697. The van der Waals surface area contributed by atoms with Gasteiger partial charge in [0, 0.05) is 12.8 Å². The van der Waals surface area contributed by atoms with Gasteiger partial charge in [-0.3, -0.25) is 4.79 Å². The second-order valence-electron chi connectivity index (χ2n) is 3.11. The molecule has 10 heavy (non-hydrogen) atoms. The fourth-order valence-electron chi connectivity index (χ4n) is 1.43. The minimum absolute atomic E-state index is 0.257. The van der Waals surface area contributed by atoms with Crippen LogP contribution >= 0.6 is 11.6 Å². The molecule has 2 nitrogen and oxygen atoms in total. The lowest BCUT2D eigenvalue weighted by Gasteiger charge is -2.25.